The summed E-state index contributed by atoms with van der Waals surface area (Å²) in [6.07, 6.45) is 2.65. The number of aryl methyl sites for hydroxylation is 1. The smallest absolute Gasteiger partial charge is 0.258 e. The largest absolute Gasteiger partial charge is 0.497 e. The number of benzene rings is 2. The number of methoxy groups -OCH3 is 5. The highest BCUT2D eigenvalue weighted by Gasteiger charge is 2.27. The third-order valence-corrected chi connectivity index (χ3v) is 7.50. The number of hydrogen-bond donors (Lipinski definition) is 3. The maximum Gasteiger partial charge on any atom is 0.258 e. The van der Waals surface area contributed by atoms with Crippen LogP contribution in [-0.2, 0) is 12.8 Å². The van der Waals surface area contributed by atoms with Crippen LogP contribution >= 0.6 is 11.3 Å². The SMILES string of the molecule is COc1cc(NC(=O)c2c(NC(O)c3cc(OC)c(OC)c(OC)c3)sc3c2CCCC3)cc(OC)c1. The Hall–Kier alpha value is -3.63. The summed E-state index contributed by atoms with van der Waals surface area (Å²) in [6.45, 7) is 0. The number of carbonyl (C=O) groups excluding carboxylic acids is 1. The number of fused-ring (bicyclic) bond motifs is 1. The second-order valence-electron chi connectivity index (χ2n) is 8.48. The number of aliphatic hydroxyl groups excluding tert-OH is 1. The lowest BCUT2D eigenvalue weighted by Gasteiger charge is -2.19. The molecule has 1 aliphatic rings. The molecule has 4 rings (SSSR count). The molecule has 3 N–H and O–H groups in total. The Labute approximate surface area is 220 Å². The minimum atomic E-state index is -1.13. The predicted molar refractivity (Wildman–Crippen MR) is 143 cm³/mol. The zero-order chi connectivity index (χ0) is 26.5. The van der Waals surface area contributed by atoms with Crippen LogP contribution in [0, 0.1) is 0 Å². The molecule has 1 aromatic heterocycles. The maximum absolute atomic E-state index is 13.6. The summed E-state index contributed by atoms with van der Waals surface area (Å²) in [5.74, 6) is 2.15. The van der Waals surface area contributed by atoms with Crippen molar-refractivity contribution in [1.29, 1.82) is 0 Å². The third-order valence-electron chi connectivity index (χ3n) is 6.28. The summed E-state index contributed by atoms with van der Waals surface area (Å²) >= 11 is 1.50. The van der Waals surface area contributed by atoms with Crippen molar-refractivity contribution in [3.05, 3.63) is 51.9 Å². The van der Waals surface area contributed by atoms with Crippen molar-refractivity contribution in [1.82, 2.24) is 0 Å². The molecule has 2 aromatic carbocycles. The topological polar surface area (TPSA) is 108 Å². The molecule has 0 radical (unpaired) electrons. The lowest BCUT2D eigenvalue weighted by Crippen LogP contribution is -2.18. The second kappa shape index (κ2) is 11.6. The minimum absolute atomic E-state index is 0.269. The van der Waals surface area contributed by atoms with Gasteiger partial charge in [0.1, 0.15) is 16.5 Å². The molecular weight excluding hydrogens is 496 g/mol. The minimum Gasteiger partial charge on any atom is -0.497 e. The van der Waals surface area contributed by atoms with Gasteiger partial charge in [0, 0.05) is 34.3 Å². The Balaban J connectivity index is 1.67. The van der Waals surface area contributed by atoms with Crippen molar-refractivity contribution in [2.75, 3.05) is 46.2 Å². The number of hydrogen-bond acceptors (Lipinski definition) is 9. The van der Waals surface area contributed by atoms with E-state index in [0.717, 1.165) is 36.1 Å². The van der Waals surface area contributed by atoms with E-state index >= 15 is 0 Å². The molecule has 0 aliphatic heterocycles. The fourth-order valence-electron chi connectivity index (χ4n) is 4.45. The Morgan fingerprint density at radius 2 is 1.49 bits per heavy atom. The first-order valence-electron chi connectivity index (χ1n) is 11.9. The molecule has 1 unspecified atom stereocenters. The van der Waals surface area contributed by atoms with Gasteiger partial charge in [-0.15, -0.1) is 11.3 Å². The van der Waals surface area contributed by atoms with E-state index in [1.807, 2.05) is 0 Å². The average molecular weight is 529 g/mol. The summed E-state index contributed by atoms with van der Waals surface area (Å²) in [5, 5.41) is 17.9. The predicted octanol–water partition coefficient (Wildman–Crippen LogP) is 5.03. The van der Waals surface area contributed by atoms with E-state index in [1.54, 1.807) is 44.6 Å². The summed E-state index contributed by atoms with van der Waals surface area (Å²) in [5.41, 5.74) is 2.61. The molecule has 37 heavy (non-hydrogen) atoms. The van der Waals surface area contributed by atoms with Crippen molar-refractivity contribution in [2.24, 2.45) is 0 Å². The number of carbonyl (C=O) groups is 1. The van der Waals surface area contributed by atoms with Crippen molar-refractivity contribution < 1.29 is 33.6 Å². The number of ether oxygens (including phenoxy) is 5. The van der Waals surface area contributed by atoms with Crippen LogP contribution in [0.25, 0.3) is 0 Å². The summed E-state index contributed by atoms with van der Waals surface area (Å²) in [7, 11) is 7.67. The zero-order valence-electron chi connectivity index (χ0n) is 21.6. The van der Waals surface area contributed by atoms with E-state index in [1.165, 1.54) is 32.7 Å². The maximum atomic E-state index is 13.6. The van der Waals surface area contributed by atoms with Gasteiger partial charge in [-0.05, 0) is 43.4 Å². The molecule has 3 aromatic rings. The molecule has 0 saturated carbocycles. The molecule has 1 amide bonds. The Morgan fingerprint density at radius 1 is 0.865 bits per heavy atom. The van der Waals surface area contributed by atoms with E-state index in [4.69, 9.17) is 23.7 Å². The van der Waals surface area contributed by atoms with Crippen LogP contribution in [-0.4, -0.2) is 46.6 Å². The third kappa shape index (κ3) is 5.55. The van der Waals surface area contributed by atoms with Gasteiger partial charge in [-0.3, -0.25) is 4.79 Å². The van der Waals surface area contributed by atoms with E-state index in [0.29, 0.717) is 50.6 Å². The molecule has 0 saturated heterocycles. The van der Waals surface area contributed by atoms with Crippen LogP contribution in [0.1, 0.15) is 45.4 Å². The highest BCUT2D eigenvalue weighted by atomic mass is 32.1. The molecule has 0 bridgehead atoms. The summed E-state index contributed by atoms with van der Waals surface area (Å²) in [4.78, 5) is 14.8. The highest BCUT2D eigenvalue weighted by Crippen LogP contribution is 2.42. The van der Waals surface area contributed by atoms with Gasteiger partial charge in [-0.1, -0.05) is 0 Å². The molecule has 9 nitrogen and oxygen atoms in total. The summed E-state index contributed by atoms with van der Waals surface area (Å²) < 4.78 is 26.9. The molecule has 0 spiro atoms. The molecule has 0 fully saturated rings. The number of thiophene rings is 1. The van der Waals surface area contributed by atoms with Crippen molar-refractivity contribution in [3.63, 3.8) is 0 Å². The van der Waals surface area contributed by atoms with Gasteiger partial charge in [0.15, 0.2) is 17.7 Å². The van der Waals surface area contributed by atoms with Crippen LogP contribution in [0.15, 0.2) is 30.3 Å². The van der Waals surface area contributed by atoms with Gasteiger partial charge in [0.2, 0.25) is 5.75 Å². The Kier molecular flexibility index (Phi) is 8.30. The van der Waals surface area contributed by atoms with E-state index in [2.05, 4.69) is 10.6 Å². The summed E-state index contributed by atoms with van der Waals surface area (Å²) in [6, 6.07) is 8.56. The van der Waals surface area contributed by atoms with Gasteiger partial charge >= 0.3 is 0 Å². The van der Waals surface area contributed by atoms with Crippen LogP contribution in [0.4, 0.5) is 10.7 Å². The van der Waals surface area contributed by atoms with Crippen LogP contribution in [0.5, 0.6) is 28.7 Å². The Bertz CT molecular complexity index is 1230. The molecule has 1 heterocycles. The van der Waals surface area contributed by atoms with Gasteiger partial charge in [0.05, 0.1) is 41.1 Å². The zero-order valence-corrected chi connectivity index (χ0v) is 22.4. The van der Waals surface area contributed by atoms with Crippen molar-refractivity contribution in [2.45, 2.75) is 31.9 Å². The van der Waals surface area contributed by atoms with Gasteiger partial charge in [-0.25, -0.2) is 0 Å². The van der Waals surface area contributed by atoms with Crippen molar-refractivity contribution in [3.8, 4) is 28.7 Å². The molecular formula is C27H32N2O7S. The van der Waals surface area contributed by atoms with E-state index in [9.17, 15) is 9.90 Å². The van der Waals surface area contributed by atoms with Gasteiger partial charge < -0.3 is 39.4 Å². The van der Waals surface area contributed by atoms with Gasteiger partial charge in [-0.2, -0.15) is 0 Å². The normalized spacial score (nSPS) is 13.2. The fraction of sp³-hybridized carbons (Fsp3) is 0.370. The molecule has 10 heteroatoms. The van der Waals surface area contributed by atoms with Crippen LogP contribution in [0.2, 0.25) is 0 Å². The fourth-order valence-corrected chi connectivity index (χ4v) is 5.76. The van der Waals surface area contributed by atoms with Crippen molar-refractivity contribution >= 4 is 27.9 Å². The lowest BCUT2D eigenvalue weighted by molar-refractivity contribution is 0.102. The first-order chi connectivity index (χ1) is 17.9. The standard InChI is InChI=1S/C27H32N2O7S/c1-32-17-12-16(13-18(14-17)33-2)28-26(31)23-19-8-6-7-9-22(19)37-27(23)29-25(30)15-10-20(34-3)24(36-5)21(11-15)35-4/h10-14,25,29-30H,6-9H2,1-5H3,(H,28,31). The quantitative estimate of drug-likeness (QED) is 0.315. The first kappa shape index (κ1) is 26.4. The number of rotatable bonds is 10. The lowest BCUT2D eigenvalue weighted by atomic mass is 9.95. The first-order valence-corrected chi connectivity index (χ1v) is 12.7. The average Bonchev–Trinajstić information content (AvgIpc) is 3.29. The molecule has 198 valence electrons. The monoisotopic (exact) mass is 528 g/mol. The number of nitrogens with one attached hydrogen (secondary N) is 2. The van der Waals surface area contributed by atoms with Crippen LogP contribution < -0.4 is 34.3 Å². The number of anilines is 2. The van der Waals surface area contributed by atoms with E-state index < -0.39 is 6.23 Å². The number of amides is 1. The van der Waals surface area contributed by atoms with Crippen LogP contribution in [0.3, 0.4) is 0 Å². The molecule has 1 atom stereocenters. The van der Waals surface area contributed by atoms with E-state index in [-0.39, 0.29) is 5.91 Å². The molecule has 1 aliphatic carbocycles. The Morgan fingerprint density at radius 3 is 2.05 bits per heavy atom. The van der Waals surface area contributed by atoms with Gasteiger partial charge in [0.25, 0.3) is 5.91 Å². The highest BCUT2D eigenvalue weighted by molar-refractivity contribution is 7.16. The second-order valence-corrected chi connectivity index (χ2v) is 9.58. The number of aliphatic hydroxyl groups is 1.